The Kier molecular flexibility index (Phi) is 6.75. The lowest BCUT2D eigenvalue weighted by molar-refractivity contribution is -0.127. The van der Waals surface area contributed by atoms with E-state index >= 15 is 0 Å². The van der Waals surface area contributed by atoms with E-state index in [1.807, 2.05) is 0 Å². The van der Waals surface area contributed by atoms with Crippen LogP contribution in [0.2, 0.25) is 0 Å². The SMILES string of the molecule is CCC(CC)CCCCC1CCC2C3CCC4CC(O)CCC4(C)C3CCC12C. The molecule has 1 heteroatoms. The summed E-state index contributed by atoms with van der Waals surface area (Å²) in [5, 5.41) is 10.3. The van der Waals surface area contributed by atoms with Crippen LogP contribution in [-0.2, 0) is 0 Å². The highest BCUT2D eigenvalue weighted by Crippen LogP contribution is 2.67. The van der Waals surface area contributed by atoms with E-state index in [0.717, 1.165) is 48.3 Å². The lowest BCUT2D eigenvalue weighted by atomic mass is 9.44. The Morgan fingerprint density at radius 1 is 0.828 bits per heavy atom. The predicted octanol–water partition coefficient (Wildman–Crippen LogP) is 8.00. The molecule has 0 amide bonds. The van der Waals surface area contributed by atoms with Crippen LogP contribution < -0.4 is 0 Å². The first-order chi connectivity index (χ1) is 13.9. The summed E-state index contributed by atoms with van der Waals surface area (Å²) in [7, 11) is 0. The minimum absolute atomic E-state index is 0.00523. The van der Waals surface area contributed by atoms with Crippen LogP contribution in [0.3, 0.4) is 0 Å². The van der Waals surface area contributed by atoms with Crippen LogP contribution in [0.15, 0.2) is 0 Å². The summed E-state index contributed by atoms with van der Waals surface area (Å²) in [6.45, 7) is 10.1. The Bertz CT molecular complexity index is 538. The Morgan fingerprint density at radius 2 is 1.55 bits per heavy atom. The molecule has 4 fully saturated rings. The van der Waals surface area contributed by atoms with Crippen molar-refractivity contribution >= 4 is 0 Å². The van der Waals surface area contributed by atoms with Gasteiger partial charge in [0.05, 0.1) is 6.10 Å². The van der Waals surface area contributed by atoms with Gasteiger partial charge in [0, 0.05) is 0 Å². The first-order valence-corrected chi connectivity index (χ1v) is 13.6. The van der Waals surface area contributed by atoms with Crippen LogP contribution in [0.4, 0.5) is 0 Å². The Balaban J connectivity index is 1.37. The Hall–Kier alpha value is -0.0400. The number of aliphatic hydroxyl groups excluding tert-OH is 1. The van der Waals surface area contributed by atoms with Crippen molar-refractivity contribution in [1.29, 1.82) is 0 Å². The molecule has 1 N–H and O–H groups in total. The highest BCUT2D eigenvalue weighted by atomic mass is 16.3. The normalized spacial score (nSPS) is 47.0. The molecule has 4 rings (SSSR count). The van der Waals surface area contributed by atoms with Gasteiger partial charge in [-0.3, -0.25) is 0 Å². The number of fused-ring (bicyclic) bond motifs is 5. The third-order valence-corrected chi connectivity index (χ3v) is 11.4. The van der Waals surface area contributed by atoms with Crippen molar-refractivity contribution in [3.8, 4) is 0 Å². The first-order valence-electron chi connectivity index (χ1n) is 13.6. The minimum atomic E-state index is -0.00523. The van der Waals surface area contributed by atoms with Gasteiger partial charge >= 0.3 is 0 Å². The van der Waals surface area contributed by atoms with Gasteiger partial charge in [0.2, 0.25) is 0 Å². The number of hydrogen-bond acceptors (Lipinski definition) is 1. The van der Waals surface area contributed by atoms with Crippen LogP contribution >= 0.6 is 0 Å². The van der Waals surface area contributed by atoms with E-state index in [0.29, 0.717) is 10.8 Å². The molecule has 0 aliphatic heterocycles. The molecule has 8 unspecified atom stereocenters. The second-order valence-electron chi connectivity index (χ2n) is 12.4. The maximum atomic E-state index is 10.3. The van der Waals surface area contributed by atoms with E-state index in [1.165, 1.54) is 83.5 Å². The van der Waals surface area contributed by atoms with E-state index < -0.39 is 0 Å². The molecule has 168 valence electrons. The quantitative estimate of drug-likeness (QED) is 0.428. The average Bonchev–Trinajstić information content (AvgIpc) is 3.05. The molecule has 0 radical (unpaired) electrons. The molecule has 1 nitrogen and oxygen atoms in total. The molecule has 0 bridgehead atoms. The van der Waals surface area contributed by atoms with Gasteiger partial charge in [-0.15, -0.1) is 0 Å². The van der Waals surface area contributed by atoms with Gasteiger partial charge in [-0.25, -0.2) is 0 Å². The van der Waals surface area contributed by atoms with Gasteiger partial charge in [0.25, 0.3) is 0 Å². The fraction of sp³-hybridized carbons (Fsp3) is 1.00. The summed E-state index contributed by atoms with van der Waals surface area (Å²) < 4.78 is 0. The second kappa shape index (κ2) is 8.84. The third kappa shape index (κ3) is 3.96. The molecule has 4 aliphatic rings. The maximum Gasteiger partial charge on any atom is 0.0543 e. The van der Waals surface area contributed by atoms with E-state index in [4.69, 9.17) is 0 Å². The molecule has 0 aromatic carbocycles. The summed E-state index contributed by atoms with van der Waals surface area (Å²) in [6, 6.07) is 0. The Labute approximate surface area is 181 Å². The fourth-order valence-electron chi connectivity index (χ4n) is 9.34. The van der Waals surface area contributed by atoms with E-state index in [9.17, 15) is 5.11 Å². The average molecular weight is 403 g/mol. The molecule has 4 saturated carbocycles. The molecule has 0 aromatic heterocycles. The monoisotopic (exact) mass is 402 g/mol. The Morgan fingerprint density at radius 3 is 2.31 bits per heavy atom. The summed E-state index contributed by atoms with van der Waals surface area (Å²) in [4.78, 5) is 0. The molecule has 0 spiro atoms. The van der Waals surface area contributed by atoms with E-state index in [1.54, 1.807) is 0 Å². The molecule has 29 heavy (non-hydrogen) atoms. The maximum absolute atomic E-state index is 10.3. The van der Waals surface area contributed by atoms with Crippen molar-refractivity contribution in [1.82, 2.24) is 0 Å². The van der Waals surface area contributed by atoms with Crippen molar-refractivity contribution in [2.75, 3.05) is 0 Å². The van der Waals surface area contributed by atoms with Gasteiger partial charge in [-0.1, -0.05) is 59.8 Å². The molecular formula is C28H50O. The molecule has 0 aromatic rings. The molecular weight excluding hydrogens is 352 g/mol. The largest absolute Gasteiger partial charge is 0.393 e. The van der Waals surface area contributed by atoms with Crippen LogP contribution in [-0.4, -0.2) is 11.2 Å². The van der Waals surface area contributed by atoms with E-state index in [2.05, 4.69) is 27.7 Å². The van der Waals surface area contributed by atoms with Crippen molar-refractivity contribution in [3.05, 3.63) is 0 Å². The van der Waals surface area contributed by atoms with Crippen LogP contribution in [0, 0.1) is 46.3 Å². The van der Waals surface area contributed by atoms with Crippen molar-refractivity contribution in [3.63, 3.8) is 0 Å². The zero-order valence-electron chi connectivity index (χ0n) is 20.1. The molecule has 8 atom stereocenters. The lowest BCUT2D eigenvalue weighted by Crippen LogP contribution is -2.53. The van der Waals surface area contributed by atoms with Gasteiger partial charge < -0.3 is 5.11 Å². The molecule has 4 aliphatic carbocycles. The molecule has 0 saturated heterocycles. The zero-order chi connectivity index (χ0) is 20.6. The van der Waals surface area contributed by atoms with E-state index in [-0.39, 0.29) is 6.10 Å². The van der Waals surface area contributed by atoms with Gasteiger partial charge in [0.1, 0.15) is 0 Å². The minimum Gasteiger partial charge on any atom is -0.393 e. The summed E-state index contributed by atoms with van der Waals surface area (Å²) >= 11 is 0. The van der Waals surface area contributed by atoms with Crippen molar-refractivity contribution < 1.29 is 5.11 Å². The van der Waals surface area contributed by atoms with Crippen LogP contribution in [0.5, 0.6) is 0 Å². The number of hydrogen-bond donors (Lipinski definition) is 1. The third-order valence-electron chi connectivity index (χ3n) is 11.4. The topological polar surface area (TPSA) is 20.2 Å². The summed E-state index contributed by atoms with van der Waals surface area (Å²) in [5.74, 6) is 5.76. The summed E-state index contributed by atoms with van der Waals surface area (Å²) in [6.07, 6.45) is 21.0. The lowest BCUT2D eigenvalue weighted by Gasteiger charge is -2.61. The highest BCUT2D eigenvalue weighted by Gasteiger charge is 2.59. The second-order valence-corrected chi connectivity index (χ2v) is 12.4. The number of aliphatic hydroxyl groups is 1. The first kappa shape index (κ1) is 22.2. The van der Waals surface area contributed by atoms with Crippen LogP contribution in [0.25, 0.3) is 0 Å². The number of unbranched alkanes of at least 4 members (excludes halogenated alkanes) is 1. The highest BCUT2D eigenvalue weighted by molar-refractivity contribution is 5.09. The van der Waals surface area contributed by atoms with Gasteiger partial charge in [0.15, 0.2) is 0 Å². The van der Waals surface area contributed by atoms with Gasteiger partial charge in [-0.05, 0) is 111 Å². The van der Waals surface area contributed by atoms with Gasteiger partial charge in [-0.2, -0.15) is 0 Å². The fourth-order valence-corrected chi connectivity index (χ4v) is 9.34. The zero-order valence-corrected chi connectivity index (χ0v) is 20.1. The predicted molar refractivity (Wildman–Crippen MR) is 124 cm³/mol. The molecule has 0 heterocycles. The van der Waals surface area contributed by atoms with Crippen molar-refractivity contribution in [2.24, 2.45) is 46.3 Å². The summed E-state index contributed by atoms with van der Waals surface area (Å²) in [5.41, 5.74) is 1.18. The smallest absolute Gasteiger partial charge is 0.0543 e. The van der Waals surface area contributed by atoms with Crippen LogP contribution in [0.1, 0.15) is 124 Å². The number of rotatable bonds is 7. The standard InChI is InChI=1S/C28H50O/c1-5-20(6-2)9-7-8-10-21-12-14-25-24-13-11-22-19-23(29)15-17-28(22,4)26(24)16-18-27(21,25)3/h20-26,29H,5-19H2,1-4H3. The van der Waals surface area contributed by atoms with Crippen molar-refractivity contribution in [2.45, 2.75) is 130 Å².